The zero-order chi connectivity index (χ0) is 13.9. The van der Waals surface area contributed by atoms with Crippen LogP contribution in [-0.4, -0.2) is 23.0 Å². The maximum Gasteiger partial charge on any atom is 0.313 e. The summed E-state index contributed by atoms with van der Waals surface area (Å²) in [5.74, 6) is 0.309. The Morgan fingerprint density at radius 3 is 2.85 bits per heavy atom. The number of ether oxygens (including phenoxy) is 1. The molecular formula is C16H14N2O2. The summed E-state index contributed by atoms with van der Waals surface area (Å²) in [4.78, 5) is 18.7. The molecule has 0 unspecified atom stereocenters. The molecule has 0 aliphatic rings. The van der Waals surface area contributed by atoms with E-state index in [-0.39, 0.29) is 12.4 Å². The van der Waals surface area contributed by atoms with E-state index in [4.69, 9.17) is 0 Å². The highest BCUT2D eigenvalue weighted by molar-refractivity contribution is 5.95. The fourth-order valence-electron chi connectivity index (χ4n) is 2.26. The molecule has 4 nitrogen and oxygen atoms in total. The van der Waals surface area contributed by atoms with Gasteiger partial charge in [-0.25, -0.2) is 4.98 Å². The standard InChI is InChI=1S/C16H14N2O2/c1-20-16(19)9-15-17-10-14(18-15)13-8-4-6-11-5-2-3-7-12(11)13/h2-8,10H,9H2,1H3,(H,17,18). The first-order chi connectivity index (χ1) is 9.78. The van der Waals surface area contributed by atoms with E-state index in [1.807, 2.05) is 24.3 Å². The number of nitrogens with one attached hydrogen (secondary N) is 1. The van der Waals surface area contributed by atoms with E-state index >= 15 is 0 Å². The van der Waals surface area contributed by atoms with E-state index in [0.717, 1.165) is 16.6 Å². The van der Waals surface area contributed by atoms with Crippen molar-refractivity contribution in [1.82, 2.24) is 9.97 Å². The van der Waals surface area contributed by atoms with Gasteiger partial charge in [0.05, 0.1) is 19.0 Å². The second-order valence-electron chi connectivity index (χ2n) is 4.52. The van der Waals surface area contributed by atoms with Gasteiger partial charge in [-0.15, -0.1) is 0 Å². The van der Waals surface area contributed by atoms with E-state index in [2.05, 4.69) is 32.9 Å². The first kappa shape index (κ1) is 12.4. The molecule has 3 aromatic rings. The summed E-state index contributed by atoms with van der Waals surface area (Å²) in [6, 6.07) is 14.3. The van der Waals surface area contributed by atoms with Gasteiger partial charge in [-0.1, -0.05) is 42.5 Å². The van der Waals surface area contributed by atoms with Crippen molar-refractivity contribution in [2.24, 2.45) is 0 Å². The van der Waals surface area contributed by atoms with E-state index in [0.29, 0.717) is 5.82 Å². The maximum absolute atomic E-state index is 11.3. The number of methoxy groups -OCH3 is 1. The number of nitrogens with zero attached hydrogens (tertiary/aromatic N) is 1. The number of aromatic nitrogens is 2. The predicted octanol–water partition coefficient (Wildman–Crippen LogP) is 2.95. The third-order valence-electron chi connectivity index (χ3n) is 3.25. The van der Waals surface area contributed by atoms with Crippen molar-refractivity contribution in [3.63, 3.8) is 0 Å². The first-order valence-electron chi connectivity index (χ1n) is 6.37. The minimum absolute atomic E-state index is 0.154. The highest BCUT2D eigenvalue weighted by Crippen LogP contribution is 2.27. The smallest absolute Gasteiger partial charge is 0.313 e. The molecule has 0 atom stereocenters. The summed E-state index contributed by atoms with van der Waals surface area (Å²) < 4.78 is 4.64. The van der Waals surface area contributed by atoms with Crippen LogP contribution < -0.4 is 0 Å². The molecule has 1 heterocycles. The van der Waals surface area contributed by atoms with Crippen LogP contribution >= 0.6 is 0 Å². The number of esters is 1. The van der Waals surface area contributed by atoms with Gasteiger partial charge < -0.3 is 9.72 Å². The molecule has 0 amide bonds. The summed E-state index contributed by atoms with van der Waals surface area (Å²) in [5.41, 5.74) is 1.98. The van der Waals surface area contributed by atoms with E-state index in [9.17, 15) is 4.79 Å². The van der Waals surface area contributed by atoms with Crippen LogP contribution in [0.15, 0.2) is 48.7 Å². The van der Waals surface area contributed by atoms with Crippen molar-refractivity contribution < 1.29 is 9.53 Å². The summed E-state index contributed by atoms with van der Waals surface area (Å²) in [5, 5.41) is 2.33. The van der Waals surface area contributed by atoms with Crippen molar-refractivity contribution in [1.29, 1.82) is 0 Å². The zero-order valence-corrected chi connectivity index (χ0v) is 11.1. The SMILES string of the molecule is COC(=O)Cc1ncc(-c2cccc3ccccc23)[nH]1. The number of benzene rings is 2. The van der Waals surface area contributed by atoms with E-state index in [1.54, 1.807) is 6.20 Å². The maximum atomic E-state index is 11.3. The Bertz CT molecular complexity index is 757. The molecule has 1 aromatic heterocycles. The third-order valence-corrected chi connectivity index (χ3v) is 3.25. The zero-order valence-electron chi connectivity index (χ0n) is 11.1. The van der Waals surface area contributed by atoms with E-state index in [1.165, 1.54) is 12.5 Å². The Balaban J connectivity index is 2.01. The normalized spacial score (nSPS) is 10.7. The molecule has 4 heteroatoms. The molecule has 20 heavy (non-hydrogen) atoms. The van der Waals surface area contributed by atoms with Crippen LogP contribution in [0.3, 0.4) is 0 Å². The van der Waals surface area contributed by atoms with Gasteiger partial charge in [0.25, 0.3) is 0 Å². The second kappa shape index (κ2) is 5.17. The Kier molecular flexibility index (Phi) is 3.21. The molecule has 0 aliphatic carbocycles. The monoisotopic (exact) mass is 266 g/mol. The molecule has 3 rings (SSSR count). The number of aromatic amines is 1. The predicted molar refractivity (Wildman–Crippen MR) is 77.2 cm³/mol. The average molecular weight is 266 g/mol. The molecule has 0 saturated carbocycles. The highest BCUT2D eigenvalue weighted by atomic mass is 16.5. The number of hydrogen-bond acceptors (Lipinski definition) is 3. The summed E-state index contributed by atoms with van der Waals surface area (Å²) in [6.07, 6.45) is 1.90. The van der Waals surface area contributed by atoms with Crippen LogP contribution in [0.25, 0.3) is 22.0 Å². The van der Waals surface area contributed by atoms with Crippen molar-refractivity contribution in [2.75, 3.05) is 7.11 Å². The molecule has 100 valence electrons. The number of H-pyrrole nitrogens is 1. The number of carbonyl (C=O) groups excluding carboxylic acids is 1. The third kappa shape index (κ3) is 2.28. The lowest BCUT2D eigenvalue weighted by Gasteiger charge is -2.04. The Labute approximate surface area is 116 Å². The molecule has 0 saturated heterocycles. The lowest BCUT2D eigenvalue weighted by atomic mass is 10.0. The summed E-state index contributed by atoms with van der Waals surface area (Å²) in [6.45, 7) is 0. The van der Waals surface area contributed by atoms with Gasteiger partial charge in [0, 0.05) is 5.56 Å². The topological polar surface area (TPSA) is 55.0 Å². The van der Waals surface area contributed by atoms with Crippen LogP contribution in [-0.2, 0) is 16.0 Å². The van der Waals surface area contributed by atoms with Crippen molar-refractivity contribution in [2.45, 2.75) is 6.42 Å². The molecule has 0 aliphatic heterocycles. The van der Waals surface area contributed by atoms with Crippen molar-refractivity contribution in [3.05, 3.63) is 54.5 Å². The van der Waals surface area contributed by atoms with Gasteiger partial charge in [-0.3, -0.25) is 4.79 Å². The number of carbonyl (C=O) groups is 1. The summed E-state index contributed by atoms with van der Waals surface area (Å²) in [7, 11) is 1.37. The number of rotatable bonds is 3. The number of hydrogen-bond donors (Lipinski definition) is 1. The molecule has 1 N–H and O–H groups in total. The van der Waals surface area contributed by atoms with Crippen LogP contribution in [0.1, 0.15) is 5.82 Å². The van der Waals surface area contributed by atoms with Gasteiger partial charge in [0.2, 0.25) is 0 Å². The summed E-state index contributed by atoms with van der Waals surface area (Å²) >= 11 is 0. The Hall–Kier alpha value is -2.62. The van der Waals surface area contributed by atoms with Crippen LogP contribution in [0.4, 0.5) is 0 Å². The number of imidazole rings is 1. The molecule has 2 aromatic carbocycles. The lowest BCUT2D eigenvalue weighted by molar-refractivity contribution is -0.139. The van der Waals surface area contributed by atoms with Gasteiger partial charge in [-0.05, 0) is 10.8 Å². The Morgan fingerprint density at radius 1 is 1.20 bits per heavy atom. The van der Waals surface area contributed by atoms with Crippen molar-refractivity contribution >= 4 is 16.7 Å². The second-order valence-corrected chi connectivity index (χ2v) is 4.52. The van der Waals surface area contributed by atoms with E-state index < -0.39 is 0 Å². The van der Waals surface area contributed by atoms with Gasteiger partial charge >= 0.3 is 5.97 Å². The van der Waals surface area contributed by atoms with Crippen LogP contribution in [0.5, 0.6) is 0 Å². The first-order valence-corrected chi connectivity index (χ1v) is 6.37. The van der Waals surface area contributed by atoms with Crippen molar-refractivity contribution in [3.8, 4) is 11.3 Å². The van der Waals surface area contributed by atoms with Gasteiger partial charge in [-0.2, -0.15) is 0 Å². The fourth-order valence-corrected chi connectivity index (χ4v) is 2.26. The molecule has 0 fully saturated rings. The Morgan fingerprint density at radius 2 is 2.00 bits per heavy atom. The average Bonchev–Trinajstić information content (AvgIpc) is 2.94. The minimum atomic E-state index is -0.302. The van der Waals surface area contributed by atoms with Gasteiger partial charge in [0.15, 0.2) is 0 Å². The lowest BCUT2D eigenvalue weighted by Crippen LogP contribution is -2.05. The van der Waals surface area contributed by atoms with Gasteiger partial charge in [0.1, 0.15) is 12.2 Å². The highest BCUT2D eigenvalue weighted by Gasteiger charge is 2.09. The largest absolute Gasteiger partial charge is 0.469 e. The molecule has 0 spiro atoms. The van der Waals surface area contributed by atoms with Crippen LogP contribution in [0.2, 0.25) is 0 Å². The van der Waals surface area contributed by atoms with Crippen LogP contribution in [0, 0.1) is 0 Å². The quantitative estimate of drug-likeness (QED) is 0.741. The molecule has 0 radical (unpaired) electrons. The fraction of sp³-hybridized carbons (Fsp3) is 0.125. The number of fused-ring (bicyclic) bond motifs is 1. The molecule has 0 bridgehead atoms. The molecular weight excluding hydrogens is 252 g/mol. The minimum Gasteiger partial charge on any atom is -0.469 e.